The Balaban J connectivity index is 1.66. The first-order chi connectivity index (χ1) is 16.5. The van der Waals surface area contributed by atoms with Gasteiger partial charge in [0.05, 0.1) is 24.2 Å². The molecule has 1 aromatic heterocycles. The molecular weight excluding hydrogens is 450 g/mol. The van der Waals surface area contributed by atoms with E-state index >= 15 is 0 Å². The van der Waals surface area contributed by atoms with E-state index in [0.29, 0.717) is 34.1 Å². The lowest BCUT2D eigenvalue weighted by Crippen LogP contribution is -2.36. The molecule has 0 bridgehead atoms. The molecule has 4 rings (SSSR count). The van der Waals surface area contributed by atoms with E-state index in [1.165, 1.54) is 24.9 Å². The Morgan fingerprint density at radius 2 is 1.76 bits per heavy atom. The average molecular weight is 482 g/mol. The molecule has 0 spiro atoms. The number of hydrogen-bond acceptors (Lipinski definition) is 8. The molecule has 3 heterocycles. The van der Waals surface area contributed by atoms with Crippen molar-refractivity contribution in [2.75, 3.05) is 26.7 Å². The molecule has 2 aliphatic rings. The third kappa shape index (κ3) is 5.23. The maximum absolute atomic E-state index is 13.8. The second-order valence-electron chi connectivity index (χ2n) is 8.66. The predicted molar refractivity (Wildman–Crippen MR) is 131 cm³/mol. The van der Waals surface area contributed by atoms with E-state index in [0.717, 1.165) is 31.5 Å². The van der Waals surface area contributed by atoms with Gasteiger partial charge in [-0.1, -0.05) is 36.8 Å². The van der Waals surface area contributed by atoms with E-state index in [4.69, 9.17) is 9.47 Å². The van der Waals surface area contributed by atoms with Gasteiger partial charge in [0.1, 0.15) is 11.1 Å². The molecule has 8 heteroatoms. The van der Waals surface area contributed by atoms with Gasteiger partial charge in [-0.15, -0.1) is 11.3 Å². The van der Waals surface area contributed by atoms with Crippen molar-refractivity contribution in [2.24, 2.45) is 0 Å². The average Bonchev–Trinajstić information content (AvgIpc) is 3.38. The molecule has 2 aromatic rings. The van der Waals surface area contributed by atoms with Gasteiger partial charge < -0.3 is 14.8 Å². The number of aromatic nitrogens is 1. The maximum Gasteiger partial charge on any atom is 0.337 e. The van der Waals surface area contributed by atoms with Crippen LogP contribution in [0.25, 0.3) is 0 Å². The number of hydrogen-bond donors (Lipinski definition) is 1. The van der Waals surface area contributed by atoms with E-state index < -0.39 is 24.0 Å². The smallest absolute Gasteiger partial charge is 0.337 e. The van der Waals surface area contributed by atoms with Crippen molar-refractivity contribution in [3.63, 3.8) is 0 Å². The van der Waals surface area contributed by atoms with Crippen molar-refractivity contribution in [3.8, 4) is 0 Å². The number of allylic oxidation sites excluding steroid dienone is 2. The summed E-state index contributed by atoms with van der Waals surface area (Å²) in [6, 6.07) is 9.85. The first kappa shape index (κ1) is 24.2. The first-order valence-corrected chi connectivity index (χ1v) is 12.5. The Labute approximate surface area is 204 Å². The van der Waals surface area contributed by atoms with Crippen LogP contribution in [-0.2, 0) is 19.1 Å². The normalized spacial score (nSPS) is 20.0. The van der Waals surface area contributed by atoms with Gasteiger partial charge >= 0.3 is 11.9 Å². The summed E-state index contributed by atoms with van der Waals surface area (Å²) in [5, 5.41) is 5.67. The minimum Gasteiger partial charge on any atom is -0.466 e. The molecule has 1 N–H and O–H groups in total. The van der Waals surface area contributed by atoms with Gasteiger partial charge in [0, 0.05) is 29.5 Å². The second kappa shape index (κ2) is 11.0. The number of ether oxygens (including phenoxy) is 2. The van der Waals surface area contributed by atoms with Crippen LogP contribution in [0.2, 0.25) is 0 Å². The van der Waals surface area contributed by atoms with Crippen molar-refractivity contribution in [1.29, 1.82) is 0 Å². The minimum absolute atomic E-state index is 0.377. The van der Waals surface area contributed by atoms with Crippen LogP contribution in [0.1, 0.15) is 55.7 Å². The summed E-state index contributed by atoms with van der Waals surface area (Å²) in [5.74, 6) is -1.59. The number of carbonyl (C=O) groups is 2. The molecule has 0 radical (unpaired) electrons. The van der Waals surface area contributed by atoms with Crippen LogP contribution in [0.4, 0.5) is 0 Å². The molecule has 0 amide bonds. The monoisotopic (exact) mass is 481 g/mol. The zero-order valence-corrected chi connectivity index (χ0v) is 20.7. The van der Waals surface area contributed by atoms with Crippen LogP contribution in [-0.4, -0.2) is 48.6 Å². The molecule has 0 aliphatic carbocycles. The molecule has 7 nitrogen and oxygen atoms in total. The number of methoxy groups -OCH3 is 1. The summed E-state index contributed by atoms with van der Waals surface area (Å²) in [4.78, 5) is 33.3. The number of esters is 2. The Morgan fingerprint density at radius 1 is 1.09 bits per heavy atom. The van der Waals surface area contributed by atoms with E-state index in [1.54, 1.807) is 6.20 Å². The number of thiazole rings is 1. The Morgan fingerprint density at radius 3 is 2.38 bits per heavy atom. The fourth-order valence-electron chi connectivity index (χ4n) is 4.72. The van der Waals surface area contributed by atoms with Crippen molar-refractivity contribution < 1.29 is 19.1 Å². The standard InChI is InChI=1S/C26H31N3O4S/c1-17-21(25(30)32-3)23(24-27-12-15-34-24)22(18(2)28-17)26(31)33-20(19-10-6-4-7-11-19)16-29-13-8-5-9-14-29/h4,6-7,10-12,15,20,23,28H,5,8-9,13-14,16H2,1-3H3. The number of piperidine rings is 1. The number of nitrogens with one attached hydrogen (secondary N) is 1. The van der Waals surface area contributed by atoms with Gasteiger partial charge in [-0.3, -0.25) is 4.90 Å². The fourth-order valence-corrected chi connectivity index (χ4v) is 5.47. The van der Waals surface area contributed by atoms with Crippen molar-refractivity contribution in [2.45, 2.75) is 45.1 Å². The Kier molecular flexibility index (Phi) is 7.80. The van der Waals surface area contributed by atoms with Gasteiger partial charge in [-0.2, -0.15) is 0 Å². The number of rotatable bonds is 7. The van der Waals surface area contributed by atoms with E-state index in [2.05, 4.69) is 15.2 Å². The second-order valence-corrected chi connectivity index (χ2v) is 9.59. The van der Waals surface area contributed by atoms with Crippen LogP contribution in [0.5, 0.6) is 0 Å². The van der Waals surface area contributed by atoms with Gasteiger partial charge in [0.2, 0.25) is 0 Å². The molecule has 34 heavy (non-hydrogen) atoms. The molecule has 0 saturated carbocycles. The van der Waals surface area contributed by atoms with Crippen LogP contribution in [0, 0.1) is 0 Å². The summed E-state index contributed by atoms with van der Waals surface area (Å²) < 4.78 is 11.3. The van der Waals surface area contributed by atoms with Gasteiger partial charge in [-0.25, -0.2) is 14.6 Å². The van der Waals surface area contributed by atoms with Crippen LogP contribution in [0.3, 0.4) is 0 Å². The molecule has 2 unspecified atom stereocenters. The van der Waals surface area contributed by atoms with Crippen molar-refractivity contribution in [3.05, 3.63) is 75.0 Å². The molecule has 180 valence electrons. The number of nitrogens with zero attached hydrogens (tertiary/aromatic N) is 2. The summed E-state index contributed by atoms with van der Waals surface area (Å²) in [6.45, 7) is 6.27. The number of dihydropyridines is 1. The third-order valence-corrected chi connectivity index (χ3v) is 7.22. The molecule has 1 fully saturated rings. The lowest BCUT2D eigenvalue weighted by molar-refractivity contribution is -0.146. The minimum atomic E-state index is -0.646. The summed E-state index contributed by atoms with van der Waals surface area (Å²) >= 11 is 1.40. The largest absolute Gasteiger partial charge is 0.466 e. The SMILES string of the molecule is COC(=O)C1=C(C)NC(C)=C(C(=O)OC(CN2CCCCC2)c2ccccc2)C1c1nccs1. The maximum atomic E-state index is 13.8. The van der Waals surface area contributed by atoms with Crippen LogP contribution < -0.4 is 5.32 Å². The quantitative estimate of drug-likeness (QED) is 0.590. The summed E-state index contributed by atoms with van der Waals surface area (Å²) in [7, 11) is 1.34. The zero-order valence-electron chi connectivity index (χ0n) is 19.9. The number of benzene rings is 1. The van der Waals surface area contributed by atoms with E-state index in [9.17, 15) is 9.59 Å². The lowest BCUT2D eigenvalue weighted by atomic mass is 9.85. The summed E-state index contributed by atoms with van der Waals surface area (Å²) in [6.07, 6.45) is 4.80. The topological polar surface area (TPSA) is 80.8 Å². The van der Waals surface area contributed by atoms with Crippen molar-refractivity contribution in [1.82, 2.24) is 15.2 Å². The first-order valence-electron chi connectivity index (χ1n) is 11.6. The molecule has 2 atom stereocenters. The van der Waals surface area contributed by atoms with Crippen molar-refractivity contribution >= 4 is 23.3 Å². The molecule has 2 aliphatic heterocycles. The van der Waals surface area contributed by atoms with Gasteiger partial charge in [0.15, 0.2) is 0 Å². The van der Waals surface area contributed by atoms with Crippen LogP contribution >= 0.6 is 11.3 Å². The lowest BCUT2D eigenvalue weighted by Gasteiger charge is -2.32. The molecule has 1 aromatic carbocycles. The highest BCUT2D eigenvalue weighted by atomic mass is 32.1. The van der Waals surface area contributed by atoms with Gasteiger partial charge in [0.25, 0.3) is 0 Å². The van der Waals surface area contributed by atoms with Crippen LogP contribution in [0.15, 0.2) is 64.4 Å². The Bertz CT molecular complexity index is 1070. The third-order valence-electron chi connectivity index (χ3n) is 6.38. The van der Waals surface area contributed by atoms with Gasteiger partial charge in [-0.05, 0) is 45.3 Å². The fraction of sp³-hybridized carbons (Fsp3) is 0.423. The molecular formula is C26H31N3O4S. The van der Waals surface area contributed by atoms with E-state index in [-0.39, 0.29) is 0 Å². The number of likely N-dealkylation sites (tertiary alicyclic amines) is 1. The zero-order chi connectivity index (χ0) is 24.1. The highest BCUT2D eigenvalue weighted by molar-refractivity contribution is 7.09. The Hall–Kier alpha value is -2.97. The summed E-state index contributed by atoms with van der Waals surface area (Å²) in [5.41, 5.74) is 3.02. The van der Waals surface area contributed by atoms with E-state index in [1.807, 2.05) is 49.6 Å². The number of carbonyl (C=O) groups excluding carboxylic acids is 2. The predicted octanol–water partition coefficient (Wildman–Crippen LogP) is 4.32. The highest BCUT2D eigenvalue weighted by Gasteiger charge is 2.40. The highest BCUT2D eigenvalue weighted by Crippen LogP contribution is 2.40. The molecule has 1 saturated heterocycles.